The lowest BCUT2D eigenvalue weighted by Gasteiger charge is -2.20. The summed E-state index contributed by atoms with van der Waals surface area (Å²) in [6.45, 7) is 0.0759. The molecule has 3 rings (SSSR count). The molecule has 0 amide bonds. The van der Waals surface area contributed by atoms with E-state index in [4.69, 9.17) is 5.11 Å². The summed E-state index contributed by atoms with van der Waals surface area (Å²) in [6, 6.07) is 5.54. The molecule has 2 heterocycles. The lowest BCUT2D eigenvalue weighted by Crippen LogP contribution is -2.28. The number of ether oxygens (including phenoxy) is 1. The molecule has 1 aromatic rings. The van der Waals surface area contributed by atoms with Crippen LogP contribution in [-0.2, 0) is 4.79 Å². The number of aliphatic imine (C=N–C) groups is 1. The van der Waals surface area contributed by atoms with Crippen molar-refractivity contribution in [1.29, 1.82) is 0 Å². The van der Waals surface area contributed by atoms with Crippen LogP contribution in [0.4, 0.5) is 13.2 Å². The number of nitrogens with zero attached hydrogens (tertiary/aromatic N) is 2. The molecular weight excluding hydrogens is 315 g/mol. The minimum Gasteiger partial charge on any atom is -0.478 e. The van der Waals surface area contributed by atoms with E-state index in [1.165, 1.54) is 35.5 Å². The SMILES string of the molecule is O=C(O)C1=C2N=C(c3ccccc3OC(F)(F)F)C=CN2NC1. The summed E-state index contributed by atoms with van der Waals surface area (Å²) < 4.78 is 41.5. The van der Waals surface area contributed by atoms with Gasteiger partial charge in [0, 0.05) is 11.8 Å². The van der Waals surface area contributed by atoms with Crippen molar-refractivity contribution in [2.24, 2.45) is 4.99 Å². The zero-order valence-electron chi connectivity index (χ0n) is 11.5. The summed E-state index contributed by atoms with van der Waals surface area (Å²) in [7, 11) is 0. The van der Waals surface area contributed by atoms with Crippen LogP contribution in [-0.4, -0.2) is 34.7 Å². The Morgan fingerprint density at radius 2 is 2.09 bits per heavy atom. The number of alkyl halides is 3. The maximum Gasteiger partial charge on any atom is 0.573 e. The van der Waals surface area contributed by atoms with Crippen molar-refractivity contribution in [2.45, 2.75) is 6.36 Å². The van der Waals surface area contributed by atoms with Crippen LogP contribution in [0.1, 0.15) is 5.56 Å². The van der Waals surface area contributed by atoms with Gasteiger partial charge in [-0.05, 0) is 18.2 Å². The van der Waals surface area contributed by atoms with Crippen LogP contribution in [0.25, 0.3) is 0 Å². The van der Waals surface area contributed by atoms with E-state index in [9.17, 15) is 18.0 Å². The smallest absolute Gasteiger partial charge is 0.478 e. The number of aliphatic carboxylic acids is 1. The number of carbonyl (C=O) groups is 1. The molecule has 0 aliphatic carbocycles. The predicted octanol–water partition coefficient (Wildman–Crippen LogP) is 2.02. The minimum absolute atomic E-state index is 0.0288. The van der Waals surface area contributed by atoms with Gasteiger partial charge in [0.2, 0.25) is 0 Å². The van der Waals surface area contributed by atoms with Gasteiger partial charge in [-0.3, -0.25) is 5.01 Å². The van der Waals surface area contributed by atoms with Crippen molar-refractivity contribution in [2.75, 3.05) is 6.54 Å². The van der Waals surface area contributed by atoms with Crippen LogP contribution in [0.2, 0.25) is 0 Å². The van der Waals surface area contributed by atoms with Crippen molar-refractivity contribution < 1.29 is 27.8 Å². The summed E-state index contributed by atoms with van der Waals surface area (Å²) in [6.07, 6.45) is -1.86. The van der Waals surface area contributed by atoms with E-state index in [-0.39, 0.29) is 29.2 Å². The Balaban J connectivity index is 2.03. The number of carboxylic acids is 1. The van der Waals surface area contributed by atoms with Crippen LogP contribution >= 0.6 is 0 Å². The second kappa shape index (κ2) is 5.43. The summed E-state index contributed by atoms with van der Waals surface area (Å²) in [5.74, 6) is -1.41. The third-order valence-corrected chi connectivity index (χ3v) is 3.18. The van der Waals surface area contributed by atoms with E-state index in [1.54, 1.807) is 6.07 Å². The number of allylic oxidation sites excluding steroid dienone is 1. The van der Waals surface area contributed by atoms with Crippen LogP contribution < -0.4 is 10.2 Å². The molecule has 0 atom stereocenters. The molecule has 2 aliphatic rings. The van der Waals surface area contributed by atoms with Crippen molar-refractivity contribution in [3.63, 3.8) is 0 Å². The zero-order chi connectivity index (χ0) is 16.6. The van der Waals surface area contributed by atoms with E-state index < -0.39 is 18.1 Å². The number of para-hydroxylation sites is 1. The molecule has 0 fully saturated rings. The summed E-state index contributed by atoms with van der Waals surface area (Å²) >= 11 is 0. The van der Waals surface area contributed by atoms with Gasteiger partial charge in [0.15, 0.2) is 5.82 Å². The fourth-order valence-corrected chi connectivity index (χ4v) is 2.22. The van der Waals surface area contributed by atoms with Gasteiger partial charge >= 0.3 is 12.3 Å². The molecule has 120 valence electrons. The average molecular weight is 325 g/mol. The van der Waals surface area contributed by atoms with Crippen LogP contribution in [0.3, 0.4) is 0 Å². The van der Waals surface area contributed by atoms with Gasteiger partial charge in [-0.15, -0.1) is 13.2 Å². The van der Waals surface area contributed by atoms with Gasteiger partial charge in [-0.2, -0.15) is 0 Å². The molecule has 9 heteroatoms. The summed E-state index contributed by atoms with van der Waals surface area (Å²) in [4.78, 5) is 15.3. The van der Waals surface area contributed by atoms with E-state index in [1.807, 2.05) is 0 Å². The quantitative estimate of drug-likeness (QED) is 0.889. The molecule has 0 bridgehead atoms. The first-order valence-electron chi connectivity index (χ1n) is 6.46. The topological polar surface area (TPSA) is 74.2 Å². The Morgan fingerprint density at radius 3 is 2.78 bits per heavy atom. The molecule has 2 aliphatic heterocycles. The molecule has 0 aromatic heterocycles. The Bertz CT molecular complexity index is 753. The number of hydrazine groups is 1. The third-order valence-electron chi connectivity index (χ3n) is 3.18. The van der Waals surface area contributed by atoms with E-state index in [0.29, 0.717) is 0 Å². The lowest BCUT2D eigenvalue weighted by atomic mass is 10.1. The molecule has 0 saturated carbocycles. The number of benzene rings is 1. The van der Waals surface area contributed by atoms with Crippen molar-refractivity contribution in [3.05, 3.63) is 53.5 Å². The highest BCUT2D eigenvalue weighted by molar-refractivity contribution is 6.11. The first-order chi connectivity index (χ1) is 10.8. The lowest BCUT2D eigenvalue weighted by molar-refractivity contribution is -0.274. The standard InChI is InChI=1S/C14H10F3N3O3/c15-14(16,17)23-11-4-2-1-3-8(11)10-5-6-20-12(19-10)9(7-18-20)13(21)22/h1-6,18H,7H2,(H,21,22). The highest BCUT2D eigenvalue weighted by Gasteiger charge is 2.33. The fourth-order valence-electron chi connectivity index (χ4n) is 2.22. The molecule has 6 nitrogen and oxygen atoms in total. The average Bonchev–Trinajstić information content (AvgIpc) is 2.89. The van der Waals surface area contributed by atoms with E-state index >= 15 is 0 Å². The zero-order valence-corrected chi connectivity index (χ0v) is 11.5. The Morgan fingerprint density at radius 1 is 1.35 bits per heavy atom. The highest BCUT2D eigenvalue weighted by atomic mass is 19.4. The number of hydrogen-bond acceptors (Lipinski definition) is 5. The van der Waals surface area contributed by atoms with Gasteiger partial charge in [-0.25, -0.2) is 15.2 Å². The first kappa shape index (κ1) is 15.1. The molecule has 0 spiro atoms. The minimum atomic E-state index is -4.83. The van der Waals surface area contributed by atoms with E-state index in [0.717, 1.165) is 0 Å². The van der Waals surface area contributed by atoms with Crippen LogP contribution in [0, 0.1) is 0 Å². The number of fused-ring (bicyclic) bond motifs is 1. The summed E-state index contributed by atoms with van der Waals surface area (Å²) in [5.41, 5.74) is 3.11. The number of nitrogens with one attached hydrogen (secondary N) is 1. The molecule has 0 saturated heterocycles. The number of hydrogen-bond donors (Lipinski definition) is 2. The maximum absolute atomic E-state index is 12.5. The molecule has 23 heavy (non-hydrogen) atoms. The van der Waals surface area contributed by atoms with E-state index in [2.05, 4.69) is 15.2 Å². The number of rotatable bonds is 3. The number of halogens is 3. The maximum atomic E-state index is 12.5. The highest BCUT2D eigenvalue weighted by Crippen LogP contribution is 2.29. The van der Waals surface area contributed by atoms with Crippen LogP contribution in [0.5, 0.6) is 5.75 Å². The molecular formula is C14H10F3N3O3. The number of carboxylic acid groups (broad SMARTS) is 1. The predicted molar refractivity (Wildman–Crippen MR) is 73.3 cm³/mol. The van der Waals surface area contributed by atoms with Gasteiger partial charge < -0.3 is 9.84 Å². The Kier molecular flexibility index (Phi) is 3.57. The van der Waals surface area contributed by atoms with Gasteiger partial charge in [-0.1, -0.05) is 12.1 Å². The second-order valence-corrected chi connectivity index (χ2v) is 4.67. The molecule has 0 radical (unpaired) electrons. The largest absolute Gasteiger partial charge is 0.573 e. The van der Waals surface area contributed by atoms with Crippen molar-refractivity contribution >= 4 is 11.7 Å². The third kappa shape index (κ3) is 3.04. The fraction of sp³-hybridized carbons (Fsp3) is 0.143. The monoisotopic (exact) mass is 325 g/mol. The van der Waals surface area contributed by atoms with Crippen LogP contribution in [0.15, 0.2) is 52.9 Å². The Labute approximate surface area is 128 Å². The summed E-state index contributed by atoms with van der Waals surface area (Å²) in [5, 5.41) is 10.5. The normalized spacial score (nSPS) is 17.2. The molecule has 2 N–H and O–H groups in total. The van der Waals surface area contributed by atoms with Crippen molar-refractivity contribution in [1.82, 2.24) is 10.4 Å². The van der Waals surface area contributed by atoms with Gasteiger partial charge in [0.05, 0.1) is 17.8 Å². The van der Waals surface area contributed by atoms with Gasteiger partial charge in [0.25, 0.3) is 0 Å². The van der Waals surface area contributed by atoms with Gasteiger partial charge in [0.1, 0.15) is 5.75 Å². The second-order valence-electron chi connectivity index (χ2n) is 4.67. The van der Waals surface area contributed by atoms with Crippen molar-refractivity contribution in [3.8, 4) is 5.75 Å². The first-order valence-corrected chi connectivity index (χ1v) is 6.46. The molecule has 0 unspecified atom stereocenters. The Hall–Kier alpha value is -2.81. The molecule has 1 aromatic carbocycles.